The van der Waals surface area contributed by atoms with E-state index in [1.807, 2.05) is 36.4 Å². The van der Waals surface area contributed by atoms with Crippen LogP contribution in [-0.2, 0) is 9.59 Å². The second-order valence-electron chi connectivity index (χ2n) is 10.3. The summed E-state index contributed by atoms with van der Waals surface area (Å²) >= 11 is 0. The molecule has 2 N–H and O–H groups in total. The normalized spacial score (nSPS) is 40.8. The van der Waals surface area contributed by atoms with E-state index in [-0.39, 0.29) is 28.8 Å². The third-order valence-corrected chi connectivity index (χ3v) is 8.84. The van der Waals surface area contributed by atoms with Crippen molar-refractivity contribution in [2.75, 3.05) is 5.32 Å². The van der Waals surface area contributed by atoms with Gasteiger partial charge in [0.15, 0.2) is 0 Å². The molecular weight excluding hydrogens is 360 g/mol. The number of rotatable bonds is 2. The maximum atomic E-state index is 12.9. The van der Waals surface area contributed by atoms with Crippen molar-refractivity contribution in [1.29, 1.82) is 0 Å². The first-order valence-electron chi connectivity index (χ1n) is 11.3. The van der Waals surface area contributed by atoms with Crippen LogP contribution >= 0.6 is 0 Å². The Labute approximate surface area is 173 Å². The topological polar surface area (TPSA) is 58.2 Å². The van der Waals surface area contributed by atoms with Gasteiger partial charge in [0.05, 0.1) is 0 Å². The van der Waals surface area contributed by atoms with Crippen molar-refractivity contribution in [1.82, 2.24) is 5.32 Å². The first-order valence-corrected chi connectivity index (χ1v) is 11.3. The summed E-state index contributed by atoms with van der Waals surface area (Å²) in [5, 5.41) is 6.11. The zero-order valence-electron chi connectivity index (χ0n) is 17.5. The molecule has 4 nitrogen and oxygen atoms in total. The van der Waals surface area contributed by atoms with Crippen LogP contribution in [0, 0.1) is 28.6 Å². The van der Waals surface area contributed by atoms with Gasteiger partial charge in [-0.25, -0.2) is 0 Å². The van der Waals surface area contributed by atoms with E-state index in [0.717, 1.165) is 23.9 Å². The lowest BCUT2D eigenvalue weighted by Crippen LogP contribution is -2.60. The van der Waals surface area contributed by atoms with E-state index in [1.165, 1.54) is 38.5 Å². The fourth-order valence-corrected chi connectivity index (χ4v) is 7.32. The number of fused-ring (bicyclic) bond motifs is 5. The van der Waals surface area contributed by atoms with E-state index >= 15 is 0 Å². The molecule has 4 aliphatic rings. The third-order valence-electron chi connectivity index (χ3n) is 8.84. The summed E-state index contributed by atoms with van der Waals surface area (Å²) in [7, 11) is 0. The minimum absolute atomic E-state index is 0.135. The molecule has 0 spiro atoms. The molecule has 29 heavy (non-hydrogen) atoms. The van der Waals surface area contributed by atoms with Gasteiger partial charge in [-0.1, -0.05) is 44.5 Å². The fraction of sp³-hybridized carbons (Fsp3) is 0.600. The van der Waals surface area contributed by atoms with Crippen molar-refractivity contribution in [2.45, 2.75) is 64.8 Å². The van der Waals surface area contributed by atoms with Gasteiger partial charge in [0.25, 0.3) is 11.8 Å². The Morgan fingerprint density at radius 3 is 2.62 bits per heavy atom. The molecule has 3 fully saturated rings. The minimum Gasteiger partial charge on any atom is -0.348 e. The van der Waals surface area contributed by atoms with E-state index < -0.39 is 0 Å². The Morgan fingerprint density at radius 1 is 1.03 bits per heavy atom. The molecule has 1 heterocycles. The standard InChI is InChI=1S/C25H32N2O2/c1-24-13-6-9-19(24)17-10-11-21-25(2,20(17)12-14-24)15-18(23(29)27-21)22(28)26-16-7-4-3-5-8-16/h3-5,7-8,15,17,19-21H,6,9-14H2,1-2H3,(H,26,28)(H,27,29)/t17-,19-,20+,21?,24-,25+/m0/s1. The molecule has 5 rings (SSSR count). The van der Waals surface area contributed by atoms with Gasteiger partial charge in [0.1, 0.15) is 5.57 Å². The number of benzene rings is 1. The lowest BCUT2D eigenvalue weighted by molar-refractivity contribution is -0.126. The highest BCUT2D eigenvalue weighted by atomic mass is 16.2. The van der Waals surface area contributed by atoms with Crippen molar-refractivity contribution in [3.63, 3.8) is 0 Å². The summed E-state index contributed by atoms with van der Waals surface area (Å²) in [5.41, 5.74) is 1.39. The first kappa shape index (κ1) is 18.9. The van der Waals surface area contributed by atoms with Gasteiger partial charge in [-0.2, -0.15) is 0 Å². The second-order valence-corrected chi connectivity index (χ2v) is 10.3. The zero-order chi connectivity index (χ0) is 20.2. The molecule has 154 valence electrons. The van der Waals surface area contributed by atoms with Crippen LogP contribution in [0.3, 0.4) is 0 Å². The van der Waals surface area contributed by atoms with Crippen LogP contribution in [0.4, 0.5) is 5.69 Å². The average molecular weight is 393 g/mol. The Balaban J connectivity index is 1.45. The molecule has 1 aromatic carbocycles. The summed E-state index contributed by atoms with van der Waals surface area (Å²) in [5.74, 6) is 1.57. The molecule has 1 aromatic rings. The van der Waals surface area contributed by atoms with Gasteiger partial charge < -0.3 is 10.6 Å². The van der Waals surface area contributed by atoms with E-state index in [9.17, 15) is 9.59 Å². The van der Waals surface area contributed by atoms with E-state index in [1.54, 1.807) is 0 Å². The van der Waals surface area contributed by atoms with Gasteiger partial charge in [0.2, 0.25) is 0 Å². The molecule has 3 saturated carbocycles. The van der Waals surface area contributed by atoms with Crippen LogP contribution in [0.2, 0.25) is 0 Å². The number of hydrogen-bond acceptors (Lipinski definition) is 2. The van der Waals surface area contributed by atoms with Gasteiger partial charge in [0, 0.05) is 17.1 Å². The van der Waals surface area contributed by atoms with Crippen LogP contribution in [0.1, 0.15) is 58.8 Å². The maximum absolute atomic E-state index is 12.9. The first-order chi connectivity index (χ1) is 13.9. The van der Waals surface area contributed by atoms with Crippen LogP contribution in [-0.4, -0.2) is 17.9 Å². The number of anilines is 1. The quantitative estimate of drug-likeness (QED) is 0.718. The smallest absolute Gasteiger partial charge is 0.260 e. The van der Waals surface area contributed by atoms with Crippen LogP contribution < -0.4 is 10.6 Å². The highest BCUT2D eigenvalue weighted by Crippen LogP contribution is 2.63. The van der Waals surface area contributed by atoms with Crippen LogP contribution in [0.25, 0.3) is 0 Å². The van der Waals surface area contributed by atoms with Crippen molar-refractivity contribution in [3.8, 4) is 0 Å². The summed E-state index contributed by atoms with van der Waals surface area (Å²) in [6.07, 6.45) is 10.9. The lowest BCUT2D eigenvalue weighted by atomic mass is 9.48. The van der Waals surface area contributed by atoms with Crippen molar-refractivity contribution < 1.29 is 9.59 Å². The fourth-order valence-electron chi connectivity index (χ4n) is 7.32. The van der Waals surface area contributed by atoms with Crippen LogP contribution in [0.15, 0.2) is 42.0 Å². The molecule has 0 bridgehead atoms. The van der Waals surface area contributed by atoms with Gasteiger partial charge >= 0.3 is 0 Å². The van der Waals surface area contributed by atoms with E-state index in [0.29, 0.717) is 11.3 Å². The number of carbonyl (C=O) groups is 2. The van der Waals surface area contributed by atoms with Gasteiger partial charge in [-0.3, -0.25) is 9.59 Å². The highest BCUT2D eigenvalue weighted by molar-refractivity contribution is 6.23. The van der Waals surface area contributed by atoms with E-state index in [4.69, 9.17) is 0 Å². The summed E-state index contributed by atoms with van der Waals surface area (Å²) in [6, 6.07) is 9.53. The van der Waals surface area contributed by atoms with Crippen LogP contribution in [0.5, 0.6) is 0 Å². The molecule has 2 amide bonds. The zero-order valence-corrected chi connectivity index (χ0v) is 17.5. The molecular formula is C25H32N2O2. The Morgan fingerprint density at radius 2 is 1.83 bits per heavy atom. The predicted octanol–water partition coefficient (Wildman–Crippen LogP) is 4.68. The van der Waals surface area contributed by atoms with Crippen molar-refractivity contribution in [3.05, 3.63) is 42.0 Å². The molecule has 0 saturated heterocycles. The summed E-state index contributed by atoms with van der Waals surface area (Å²) in [6.45, 7) is 4.80. The summed E-state index contributed by atoms with van der Waals surface area (Å²) < 4.78 is 0. The van der Waals surface area contributed by atoms with Crippen molar-refractivity contribution >= 4 is 17.5 Å². The SMILES string of the molecule is C[C@@]12CCC[C@H]1[C@@H]1CCC3NC(=O)C(C(=O)Nc4ccccc4)=C[C@]3(C)[C@@H]1CC2. The Kier molecular flexibility index (Phi) is 4.38. The molecule has 3 aliphatic carbocycles. The summed E-state index contributed by atoms with van der Waals surface area (Å²) in [4.78, 5) is 25.7. The Bertz CT molecular complexity index is 863. The molecule has 4 heteroatoms. The minimum atomic E-state index is -0.294. The number of nitrogens with one attached hydrogen (secondary N) is 2. The second kappa shape index (κ2) is 6.72. The number of para-hydroxylation sites is 1. The lowest BCUT2D eigenvalue weighted by Gasteiger charge is -2.58. The van der Waals surface area contributed by atoms with E-state index in [2.05, 4.69) is 24.5 Å². The largest absolute Gasteiger partial charge is 0.348 e. The molecule has 1 unspecified atom stereocenters. The molecule has 0 radical (unpaired) electrons. The third kappa shape index (κ3) is 2.94. The maximum Gasteiger partial charge on any atom is 0.260 e. The highest BCUT2D eigenvalue weighted by Gasteiger charge is 2.58. The predicted molar refractivity (Wildman–Crippen MR) is 114 cm³/mol. The monoisotopic (exact) mass is 392 g/mol. The average Bonchev–Trinajstić information content (AvgIpc) is 3.10. The molecule has 6 atom stereocenters. The van der Waals surface area contributed by atoms with Gasteiger partial charge in [-0.05, 0) is 73.8 Å². The molecule has 1 aliphatic heterocycles. The number of carbonyl (C=O) groups excluding carboxylic acids is 2. The number of amides is 2. The molecule has 0 aromatic heterocycles. The van der Waals surface area contributed by atoms with Gasteiger partial charge in [-0.15, -0.1) is 0 Å². The Hall–Kier alpha value is -2.10. The number of hydrogen-bond donors (Lipinski definition) is 2. The van der Waals surface area contributed by atoms with Crippen molar-refractivity contribution in [2.24, 2.45) is 28.6 Å².